The zero-order valence-electron chi connectivity index (χ0n) is 12.0. The highest BCUT2D eigenvalue weighted by atomic mass is 16.1. The summed E-state index contributed by atoms with van der Waals surface area (Å²) in [4.78, 5) is 14.2. The lowest BCUT2D eigenvalue weighted by Crippen LogP contribution is -2.44. The lowest BCUT2D eigenvalue weighted by atomic mass is 10.1. The summed E-state index contributed by atoms with van der Waals surface area (Å²) in [6, 6.07) is 0.459. The van der Waals surface area contributed by atoms with Gasteiger partial charge in [-0.3, -0.25) is 9.69 Å². The van der Waals surface area contributed by atoms with Gasteiger partial charge in [-0.05, 0) is 51.7 Å². The quantitative estimate of drug-likeness (QED) is 0.722. The molecule has 1 aliphatic heterocycles. The predicted molar refractivity (Wildman–Crippen MR) is 75.3 cm³/mol. The van der Waals surface area contributed by atoms with Crippen molar-refractivity contribution in [2.75, 3.05) is 26.2 Å². The van der Waals surface area contributed by atoms with Crippen LogP contribution < -0.4 is 11.1 Å². The molecule has 1 amide bonds. The standard InChI is InChI=1S/C14H29N3O/c1-12(10-15)6-7-14(18)16-11-13(2)17-8-4-3-5-9-17/h12-13H,3-11,15H2,1-2H3,(H,16,18). The summed E-state index contributed by atoms with van der Waals surface area (Å²) >= 11 is 0. The molecule has 0 aliphatic carbocycles. The third-order valence-electron chi connectivity index (χ3n) is 3.88. The van der Waals surface area contributed by atoms with E-state index in [0.29, 0.717) is 24.9 Å². The molecule has 1 heterocycles. The van der Waals surface area contributed by atoms with E-state index in [2.05, 4.69) is 24.1 Å². The van der Waals surface area contributed by atoms with Gasteiger partial charge in [-0.15, -0.1) is 0 Å². The Kier molecular flexibility index (Phi) is 7.28. The van der Waals surface area contributed by atoms with Crippen LogP contribution in [0.2, 0.25) is 0 Å². The Morgan fingerprint density at radius 3 is 2.56 bits per heavy atom. The fourth-order valence-corrected chi connectivity index (χ4v) is 2.33. The molecule has 2 unspecified atom stereocenters. The van der Waals surface area contributed by atoms with E-state index in [0.717, 1.165) is 13.0 Å². The first-order chi connectivity index (χ1) is 8.63. The van der Waals surface area contributed by atoms with Crippen molar-refractivity contribution in [2.45, 2.75) is 52.0 Å². The molecule has 0 aromatic rings. The van der Waals surface area contributed by atoms with Crippen molar-refractivity contribution in [2.24, 2.45) is 11.7 Å². The molecule has 1 fully saturated rings. The summed E-state index contributed by atoms with van der Waals surface area (Å²) in [5.41, 5.74) is 5.54. The van der Waals surface area contributed by atoms with Crippen LogP contribution in [0.1, 0.15) is 46.0 Å². The minimum Gasteiger partial charge on any atom is -0.355 e. The van der Waals surface area contributed by atoms with Crippen LogP contribution in [0, 0.1) is 5.92 Å². The second kappa shape index (κ2) is 8.48. The third-order valence-corrected chi connectivity index (χ3v) is 3.88. The molecule has 4 nitrogen and oxygen atoms in total. The fourth-order valence-electron chi connectivity index (χ4n) is 2.33. The van der Waals surface area contributed by atoms with E-state index in [1.54, 1.807) is 0 Å². The van der Waals surface area contributed by atoms with Crippen molar-refractivity contribution in [3.63, 3.8) is 0 Å². The minimum absolute atomic E-state index is 0.166. The van der Waals surface area contributed by atoms with E-state index >= 15 is 0 Å². The molecule has 0 bridgehead atoms. The van der Waals surface area contributed by atoms with E-state index in [1.165, 1.54) is 32.4 Å². The van der Waals surface area contributed by atoms with Crippen molar-refractivity contribution in [1.29, 1.82) is 0 Å². The maximum Gasteiger partial charge on any atom is 0.220 e. The van der Waals surface area contributed by atoms with Gasteiger partial charge in [-0.1, -0.05) is 13.3 Å². The Bertz CT molecular complexity index is 239. The molecule has 1 saturated heterocycles. The van der Waals surface area contributed by atoms with E-state index in [-0.39, 0.29) is 5.91 Å². The average molecular weight is 255 g/mol. The second-order valence-electron chi connectivity index (χ2n) is 5.63. The number of nitrogens with one attached hydrogen (secondary N) is 1. The van der Waals surface area contributed by atoms with Crippen molar-refractivity contribution in [1.82, 2.24) is 10.2 Å². The zero-order chi connectivity index (χ0) is 13.4. The zero-order valence-corrected chi connectivity index (χ0v) is 12.0. The van der Waals surface area contributed by atoms with E-state index in [1.807, 2.05) is 0 Å². The number of carbonyl (C=O) groups is 1. The first kappa shape index (κ1) is 15.4. The molecule has 0 spiro atoms. The monoisotopic (exact) mass is 255 g/mol. The number of nitrogens with zero attached hydrogens (tertiary/aromatic N) is 1. The van der Waals surface area contributed by atoms with Gasteiger partial charge in [-0.2, -0.15) is 0 Å². The largest absolute Gasteiger partial charge is 0.355 e. The van der Waals surface area contributed by atoms with Crippen molar-refractivity contribution < 1.29 is 4.79 Å². The van der Waals surface area contributed by atoms with Gasteiger partial charge in [0.1, 0.15) is 0 Å². The molecule has 0 saturated carbocycles. The van der Waals surface area contributed by atoms with Crippen LogP contribution in [0.25, 0.3) is 0 Å². The van der Waals surface area contributed by atoms with Gasteiger partial charge in [0.25, 0.3) is 0 Å². The number of hydrogen-bond acceptors (Lipinski definition) is 3. The van der Waals surface area contributed by atoms with Crippen molar-refractivity contribution >= 4 is 5.91 Å². The summed E-state index contributed by atoms with van der Waals surface area (Å²) < 4.78 is 0. The topological polar surface area (TPSA) is 58.4 Å². The van der Waals surface area contributed by atoms with Crippen molar-refractivity contribution in [3.05, 3.63) is 0 Å². The normalized spacial score (nSPS) is 20.4. The van der Waals surface area contributed by atoms with Gasteiger partial charge in [0.05, 0.1) is 0 Å². The summed E-state index contributed by atoms with van der Waals surface area (Å²) in [5.74, 6) is 0.606. The summed E-state index contributed by atoms with van der Waals surface area (Å²) in [6.07, 6.45) is 5.44. The van der Waals surface area contributed by atoms with Gasteiger partial charge in [0.2, 0.25) is 5.91 Å². The third kappa shape index (κ3) is 5.83. The number of likely N-dealkylation sites (tertiary alicyclic amines) is 1. The molecule has 3 N–H and O–H groups in total. The Labute approximate surface area is 111 Å². The van der Waals surface area contributed by atoms with Crippen LogP contribution in [-0.2, 0) is 4.79 Å². The van der Waals surface area contributed by atoms with Gasteiger partial charge in [0.15, 0.2) is 0 Å². The van der Waals surface area contributed by atoms with Crippen LogP contribution in [0.5, 0.6) is 0 Å². The first-order valence-electron chi connectivity index (χ1n) is 7.34. The molecular formula is C14H29N3O. The van der Waals surface area contributed by atoms with E-state index in [4.69, 9.17) is 5.73 Å². The molecule has 106 valence electrons. The van der Waals surface area contributed by atoms with Crippen LogP contribution in [0.4, 0.5) is 0 Å². The maximum atomic E-state index is 11.7. The number of rotatable bonds is 7. The Hall–Kier alpha value is -0.610. The highest BCUT2D eigenvalue weighted by Crippen LogP contribution is 2.11. The van der Waals surface area contributed by atoms with Crippen LogP contribution >= 0.6 is 0 Å². The summed E-state index contributed by atoms with van der Waals surface area (Å²) in [5, 5.41) is 3.04. The predicted octanol–water partition coefficient (Wildman–Crippen LogP) is 1.35. The number of amides is 1. The summed E-state index contributed by atoms with van der Waals surface area (Å²) in [7, 11) is 0. The summed E-state index contributed by atoms with van der Waals surface area (Å²) in [6.45, 7) is 8.09. The number of nitrogens with two attached hydrogens (primary N) is 1. The highest BCUT2D eigenvalue weighted by Gasteiger charge is 2.17. The minimum atomic E-state index is 0.166. The molecule has 0 aromatic heterocycles. The number of carbonyl (C=O) groups excluding carboxylic acids is 1. The average Bonchev–Trinajstić information content (AvgIpc) is 2.42. The van der Waals surface area contributed by atoms with Gasteiger partial charge >= 0.3 is 0 Å². The smallest absolute Gasteiger partial charge is 0.220 e. The Morgan fingerprint density at radius 2 is 1.94 bits per heavy atom. The molecule has 4 heteroatoms. The number of hydrogen-bond donors (Lipinski definition) is 2. The second-order valence-corrected chi connectivity index (χ2v) is 5.63. The maximum absolute atomic E-state index is 11.7. The molecule has 0 radical (unpaired) electrons. The van der Waals surface area contributed by atoms with Gasteiger partial charge in [-0.25, -0.2) is 0 Å². The van der Waals surface area contributed by atoms with Crippen LogP contribution in [0.15, 0.2) is 0 Å². The highest BCUT2D eigenvalue weighted by molar-refractivity contribution is 5.75. The number of piperidine rings is 1. The lowest BCUT2D eigenvalue weighted by Gasteiger charge is -2.32. The SMILES string of the molecule is CC(CN)CCC(=O)NCC(C)N1CCCCC1. The van der Waals surface area contributed by atoms with Crippen molar-refractivity contribution in [3.8, 4) is 0 Å². The van der Waals surface area contributed by atoms with Gasteiger partial charge < -0.3 is 11.1 Å². The Morgan fingerprint density at radius 1 is 1.28 bits per heavy atom. The van der Waals surface area contributed by atoms with Gasteiger partial charge in [0, 0.05) is 19.0 Å². The lowest BCUT2D eigenvalue weighted by molar-refractivity contribution is -0.121. The van der Waals surface area contributed by atoms with Crippen LogP contribution in [0.3, 0.4) is 0 Å². The first-order valence-corrected chi connectivity index (χ1v) is 7.34. The fraction of sp³-hybridized carbons (Fsp3) is 0.929. The molecule has 1 rings (SSSR count). The molecule has 2 atom stereocenters. The molecular weight excluding hydrogens is 226 g/mol. The Balaban J connectivity index is 2.12. The van der Waals surface area contributed by atoms with E-state index in [9.17, 15) is 4.79 Å². The molecule has 0 aromatic carbocycles. The van der Waals surface area contributed by atoms with Crippen LogP contribution in [-0.4, -0.2) is 43.0 Å². The molecule has 1 aliphatic rings. The molecule has 18 heavy (non-hydrogen) atoms. The van der Waals surface area contributed by atoms with E-state index < -0.39 is 0 Å².